The fourth-order valence-electron chi connectivity index (χ4n) is 3.12. The van der Waals surface area contributed by atoms with Crippen LogP contribution in [0.4, 0.5) is 0 Å². The molecule has 0 aliphatic heterocycles. The Morgan fingerprint density at radius 2 is 2.00 bits per heavy atom. The fourth-order valence-corrected chi connectivity index (χ4v) is 4.71. The van der Waals surface area contributed by atoms with Crippen molar-refractivity contribution in [2.45, 2.75) is 56.8 Å². The Labute approximate surface area is 155 Å². The highest BCUT2D eigenvalue weighted by Crippen LogP contribution is 2.37. The van der Waals surface area contributed by atoms with Gasteiger partial charge in [0.15, 0.2) is 5.03 Å². The minimum atomic E-state index is -3.80. The van der Waals surface area contributed by atoms with Crippen LogP contribution in [0.3, 0.4) is 0 Å². The number of aliphatic hydroxyl groups is 1. The molecule has 0 amide bonds. The monoisotopic (exact) mass is 377 g/mol. The van der Waals surface area contributed by atoms with E-state index in [4.69, 9.17) is 0 Å². The second-order valence-electron chi connectivity index (χ2n) is 7.04. The van der Waals surface area contributed by atoms with Crippen LogP contribution >= 0.6 is 0 Å². The minimum absolute atomic E-state index is 0.0489. The fraction of sp³-hybridized carbons (Fsp3) is 0.526. The van der Waals surface area contributed by atoms with Gasteiger partial charge < -0.3 is 9.67 Å². The van der Waals surface area contributed by atoms with Crippen molar-refractivity contribution < 1.29 is 13.5 Å². The molecular weight excluding hydrogens is 350 g/mol. The van der Waals surface area contributed by atoms with Crippen LogP contribution in [-0.4, -0.2) is 40.0 Å². The standard InChI is InChI=1S/C19H27N3O3S/c1-3-15(2)21-12-19(20-14-21)26(24,25)22(18(13-23)17-9-10-17)11-16-7-5-4-6-8-16/h4-8,12,14-15,17-18,23H,3,9-11,13H2,1-2H3/t15-,18-/m1/s1. The van der Waals surface area contributed by atoms with Crippen molar-refractivity contribution in [3.63, 3.8) is 0 Å². The summed E-state index contributed by atoms with van der Waals surface area (Å²) in [5, 5.41) is 9.94. The maximum Gasteiger partial charge on any atom is 0.262 e. The van der Waals surface area contributed by atoms with E-state index in [2.05, 4.69) is 11.9 Å². The van der Waals surface area contributed by atoms with E-state index in [0.717, 1.165) is 24.8 Å². The van der Waals surface area contributed by atoms with Crippen molar-refractivity contribution in [3.8, 4) is 0 Å². The Kier molecular flexibility index (Phi) is 5.79. The van der Waals surface area contributed by atoms with E-state index in [1.54, 1.807) is 12.5 Å². The lowest BCUT2D eigenvalue weighted by Gasteiger charge is -2.29. The molecule has 6 nitrogen and oxygen atoms in total. The van der Waals surface area contributed by atoms with E-state index < -0.39 is 16.1 Å². The van der Waals surface area contributed by atoms with Gasteiger partial charge in [0.2, 0.25) is 0 Å². The molecule has 1 aliphatic carbocycles. The molecule has 7 heteroatoms. The first-order chi connectivity index (χ1) is 12.5. The number of imidazole rings is 1. The van der Waals surface area contributed by atoms with Gasteiger partial charge in [-0.2, -0.15) is 4.31 Å². The van der Waals surface area contributed by atoms with Crippen LogP contribution in [-0.2, 0) is 16.6 Å². The number of hydrogen-bond acceptors (Lipinski definition) is 4. The smallest absolute Gasteiger partial charge is 0.262 e. The van der Waals surface area contributed by atoms with Crippen LogP contribution in [0.15, 0.2) is 47.9 Å². The number of hydrogen-bond donors (Lipinski definition) is 1. The maximum absolute atomic E-state index is 13.3. The van der Waals surface area contributed by atoms with E-state index >= 15 is 0 Å². The molecule has 0 bridgehead atoms. The molecule has 142 valence electrons. The second kappa shape index (κ2) is 7.90. The molecule has 26 heavy (non-hydrogen) atoms. The van der Waals surface area contributed by atoms with Gasteiger partial charge >= 0.3 is 0 Å². The summed E-state index contributed by atoms with van der Waals surface area (Å²) in [5.74, 6) is 0.218. The number of nitrogens with zero attached hydrogens (tertiary/aromatic N) is 3. The number of rotatable bonds is 9. The summed E-state index contributed by atoms with van der Waals surface area (Å²) in [5.41, 5.74) is 0.900. The van der Waals surface area contributed by atoms with Gasteiger partial charge in [-0.3, -0.25) is 0 Å². The predicted octanol–water partition coefficient (Wildman–Crippen LogP) is 2.82. The summed E-state index contributed by atoms with van der Waals surface area (Å²) in [6, 6.07) is 9.27. The van der Waals surface area contributed by atoms with Gasteiger partial charge in [0.05, 0.1) is 19.0 Å². The normalized spacial score (nSPS) is 17.4. The summed E-state index contributed by atoms with van der Waals surface area (Å²) < 4.78 is 29.9. The van der Waals surface area contributed by atoms with Crippen LogP contribution in [0.1, 0.15) is 44.7 Å². The molecule has 1 heterocycles. The molecule has 1 aromatic heterocycles. The zero-order valence-electron chi connectivity index (χ0n) is 15.3. The zero-order chi connectivity index (χ0) is 18.7. The summed E-state index contributed by atoms with van der Waals surface area (Å²) in [6.45, 7) is 4.14. The molecular formula is C19H27N3O3S. The number of sulfonamides is 1. The first-order valence-corrected chi connectivity index (χ1v) is 10.6. The summed E-state index contributed by atoms with van der Waals surface area (Å²) in [7, 11) is -3.80. The number of benzene rings is 1. The van der Waals surface area contributed by atoms with Crippen molar-refractivity contribution in [2.24, 2.45) is 5.92 Å². The van der Waals surface area contributed by atoms with Gasteiger partial charge in [-0.1, -0.05) is 37.3 Å². The third kappa shape index (κ3) is 4.00. The molecule has 0 unspecified atom stereocenters. The number of aromatic nitrogens is 2. The lowest BCUT2D eigenvalue weighted by Crippen LogP contribution is -2.43. The van der Waals surface area contributed by atoms with Gasteiger partial charge in [-0.15, -0.1) is 0 Å². The maximum atomic E-state index is 13.3. The van der Waals surface area contributed by atoms with Crippen LogP contribution in [0.5, 0.6) is 0 Å². The Morgan fingerprint density at radius 3 is 2.58 bits per heavy atom. The topological polar surface area (TPSA) is 75.4 Å². The van der Waals surface area contributed by atoms with Crippen LogP contribution in [0, 0.1) is 5.92 Å². The predicted molar refractivity (Wildman–Crippen MR) is 100.0 cm³/mol. The molecule has 1 aromatic carbocycles. The molecule has 2 atom stereocenters. The number of aliphatic hydroxyl groups excluding tert-OH is 1. The van der Waals surface area contributed by atoms with Crippen molar-refractivity contribution in [1.29, 1.82) is 0 Å². The Morgan fingerprint density at radius 1 is 1.31 bits per heavy atom. The van der Waals surface area contributed by atoms with Gasteiger partial charge in [0, 0.05) is 18.8 Å². The van der Waals surface area contributed by atoms with Gasteiger partial charge in [-0.25, -0.2) is 13.4 Å². The molecule has 0 saturated heterocycles. The van der Waals surface area contributed by atoms with Crippen molar-refractivity contribution in [2.75, 3.05) is 6.61 Å². The lowest BCUT2D eigenvalue weighted by atomic mass is 10.1. The Balaban J connectivity index is 1.95. The molecule has 2 aromatic rings. The van der Waals surface area contributed by atoms with Gasteiger partial charge in [-0.05, 0) is 37.7 Å². The van der Waals surface area contributed by atoms with Gasteiger partial charge in [0.25, 0.3) is 10.0 Å². The van der Waals surface area contributed by atoms with Gasteiger partial charge in [0.1, 0.15) is 0 Å². The van der Waals surface area contributed by atoms with Crippen molar-refractivity contribution in [1.82, 2.24) is 13.9 Å². The minimum Gasteiger partial charge on any atom is -0.395 e. The largest absolute Gasteiger partial charge is 0.395 e. The molecule has 1 fully saturated rings. The average molecular weight is 378 g/mol. The highest BCUT2D eigenvalue weighted by molar-refractivity contribution is 7.89. The SMILES string of the molecule is CC[C@@H](C)n1cnc(S(=O)(=O)N(Cc2ccccc2)[C@H](CO)C2CC2)c1. The van der Waals surface area contributed by atoms with E-state index in [1.165, 1.54) is 4.31 Å². The first kappa shape index (κ1) is 19.1. The molecule has 0 spiro atoms. The highest BCUT2D eigenvalue weighted by Gasteiger charge is 2.41. The van der Waals surface area contributed by atoms with Crippen molar-refractivity contribution >= 4 is 10.0 Å². The quantitative estimate of drug-likeness (QED) is 0.729. The first-order valence-electron chi connectivity index (χ1n) is 9.17. The molecule has 1 aliphatic rings. The third-order valence-electron chi connectivity index (χ3n) is 5.15. The molecule has 1 N–H and O–H groups in total. The lowest BCUT2D eigenvalue weighted by molar-refractivity contribution is 0.166. The van der Waals surface area contributed by atoms with E-state index in [-0.39, 0.29) is 30.1 Å². The summed E-state index contributed by atoms with van der Waals surface area (Å²) in [6.07, 6.45) is 5.97. The van der Waals surface area contributed by atoms with Crippen LogP contribution < -0.4 is 0 Å². The molecule has 1 saturated carbocycles. The average Bonchev–Trinajstić information content (AvgIpc) is 3.35. The van der Waals surface area contributed by atoms with Crippen LogP contribution in [0.25, 0.3) is 0 Å². The summed E-state index contributed by atoms with van der Waals surface area (Å²) >= 11 is 0. The van der Waals surface area contributed by atoms with Crippen molar-refractivity contribution in [3.05, 3.63) is 48.4 Å². The van der Waals surface area contributed by atoms with E-state index in [9.17, 15) is 13.5 Å². The highest BCUT2D eigenvalue weighted by atomic mass is 32.2. The van der Waals surface area contributed by atoms with Crippen LogP contribution in [0.2, 0.25) is 0 Å². The molecule has 0 radical (unpaired) electrons. The zero-order valence-corrected chi connectivity index (χ0v) is 16.1. The second-order valence-corrected chi connectivity index (χ2v) is 8.88. The Hall–Kier alpha value is -1.70. The summed E-state index contributed by atoms with van der Waals surface area (Å²) in [4.78, 5) is 4.17. The molecule has 3 rings (SSSR count). The van der Waals surface area contributed by atoms with E-state index in [1.807, 2.05) is 41.8 Å². The third-order valence-corrected chi connectivity index (χ3v) is 6.91. The van der Waals surface area contributed by atoms with E-state index in [0.29, 0.717) is 0 Å². The Bertz CT molecular complexity index is 816.